The van der Waals surface area contributed by atoms with Crippen molar-refractivity contribution in [2.45, 2.75) is 26.7 Å². The Bertz CT molecular complexity index is 570. The van der Waals surface area contributed by atoms with Crippen LogP contribution < -0.4 is 0 Å². The maximum absolute atomic E-state index is 13.5. The number of nitrogens with zero attached hydrogens (tertiary/aromatic N) is 2. The lowest BCUT2D eigenvalue weighted by Gasteiger charge is -2.06. The molecule has 1 heterocycles. The van der Waals surface area contributed by atoms with E-state index >= 15 is 0 Å². The van der Waals surface area contributed by atoms with E-state index in [2.05, 4.69) is 16.9 Å². The lowest BCUT2D eigenvalue weighted by molar-refractivity contribution is 0.619. The van der Waals surface area contributed by atoms with Crippen LogP contribution in [0.4, 0.5) is 4.39 Å². The molecule has 0 fully saturated rings. The summed E-state index contributed by atoms with van der Waals surface area (Å²) < 4.78 is 13.5. The minimum absolute atomic E-state index is 0.237. The van der Waals surface area contributed by atoms with Crippen LogP contribution in [0, 0.1) is 12.7 Å². The van der Waals surface area contributed by atoms with Crippen LogP contribution in [0.3, 0.4) is 0 Å². The first-order chi connectivity index (χ1) is 8.60. The summed E-state index contributed by atoms with van der Waals surface area (Å²) in [5, 5.41) is 0.393. The number of hydrogen-bond donors (Lipinski definition) is 0. The maximum atomic E-state index is 13.5. The summed E-state index contributed by atoms with van der Waals surface area (Å²) in [5.74, 6) is 0.459. The molecule has 0 radical (unpaired) electrons. The zero-order chi connectivity index (χ0) is 13.1. The lowest BCUT2D eigenvalue weighted by atomic mass is 10.1. The highest BCUT2D eigenvalue weighted by molar-refractivity contribution is 6.29. The summed E-state index contributed by atoms with van der Waals surface area (Å²) in [6.07, 6.45) is 1.71. The predicted octanol–water partition coefficient (Wildman–Crippen LogP) is 4.20. The Morgan fingerprint density at radius 3 is 2.67 bits per heavy atom. The smallest absolute Gasteiger partial charge is 0.133 e. The van der Waals surface area contributed by atoms with Gasteiger partial charge < -0.3 is 0 Å². The fourth-order valence-electron chi connectivity index (χ4n) is 1.70. The van der Waals surface area contributed by atoms with Gasteiger partial charge in [0.15, 0.2) is 0 Å². The average Bonchev–Trinajstić information content (AvgIpc) is 2.32. The standard InChI is InChI=1S/C14H14ClFN2/c1-3-4-14-17-12(8-13(15)18-14)10-6-5-9(2)11(16)7-10/h5-8H,3-4H2,1-2H3. The van der Waals surface area contributed by atoms with Crippen molar-refractivity contribution >= 4 is 11.6 Å². The van der Waals surface area contributed by atoms with Gasteiger partial charge in [-0.3, -0.25) is 0 Å². The highest BCUT2D eigenvalue weighted by Gasteiger charge is 2.07. The molecule has 0 unspecified atom stereocenters. The topological polar surface area (TPSA) is 25.8 Å². The monoisotopic (exact) mass is 264 g/mol. The van der Waals surface area contributed by atoms with E-state index in [1.54, 1.807) is 19.1 Å². The molecule has 2 nitrogen and oxygen atoms in total. The van der Waals surface area contributed by atoms with Crippen molar-refractivity contribution in [3.8, 4) is 11.3 Å². The van der Waals surface area contributed by atoms with Crippen LogP contribution in [0.5, 0.6) is 0 Å². The summed E-state index contributed by atoms with van der Waals surface area (Å²) in [5.41, 5.74) is 2.00. The number of benzene rings is 1. The van der Waals surface area contributed by atoms with Crippen molar-refractivity contribution in [2.24, 2.45) is 0 Å². The highest BCUT2D eigenvalue weighted by Crippen LogP contribution is 2.22. The van der Waals surface area contributed by atoms with Crippen molar-refractivity contribution in [3.05, 3.63) is 46.6 Å². The molecule has 4 heteroatoms. The quantitative estimate of drug-likeness (QED) is 0.777. The van der Waals surface area contributed by atoms with Crippen LogP contribution in [0.15, 0.2) is 24.3 Å². The van der Waals surface area contributed by atoms with Crippen LogP contribution in [-0.4, -0.2) is 9.97 Å². The zero-order valence-electron chi connectivity index (χ0n) is 10.4. The molecule has 0 aliphatic heterocycles. The van der Waals surface area contributed by atoms with Crippen LogP contribution in [0.1, 0.15) is 24.7 Å². The van der Waals surface area contributed by atoms with Crippen molar-refractivity contribution in [1.29, 1.82) is 0 Å². The van der Waals surface area contributed by atoms with Gasteiger partial charge in [0.1, 0.15) is 16.8 Å². The Kier molecular flexibility index (Phi) is 3.92. The van der Waals surface area contributed by atoms with E-state index in [4.69, 9.17) is 11.6 Å². The fraction of sp³-hybridized carbons (Fsp3) is 0.286. The number of hydrogen-bond acceptors (Lipinski definition) is 2. The average molecular weight is 265 g/mol. The molecule has 0 atom stereocenters. The number of aryl methyl sites for hydroxylation is 2. The normalized spacial score (nSPS) is 10.7. The van der Waals surface area contributed by atoms with Gasteiger partial charge in [-0.1, -0.05) is 30.7 Å². The molecule has 0 spiro atoms. The first-order valence-electron chi connectivity index (χ1n) is 5.90. The molecule has 0 bridgehead atoms. The predicted molar refractivity (Wildman–Crippen MR) is 71.2 cm³/mol. The molecule has 18 heavy (non-hydrogen) atoms. The molecule has 2 aromatic rings. The van der Waals surface area contributed by atoms with E-state index in [1.165, 1.54) is 6.07 Å². The summed E-state index contributed by atoms with van der Waals surface area (Å²) in [4.78, 5) is 8.55. The largest absolute Gasteiger partial charge is 0.233 e. The van der Waals surface area contributed by atoms with Gasteiger partial charge in [-0.25, -0.2) is 14.4 Å². The van der Waals surface area contributed by atoms with Gasteiger partial charge in [-0.2, -0.15) is 0 Å². The van der Waals surface area contributed by atoms with E-state index < -0.39 is 0 Å². The third-order valence-corrected chi connectivity index (χ3v) is 2.88. The van der Waals surface area contributed by atoms with Crippen molar-refractivity contribution in [1.82, 2.24) is 9.97 Å². The Labute approximate surface area is 111 Å². The molecule has 1 aromatic heterocycles. The van der Waals surface area contributed by atoms with Crippen LogP contribution >= 0.6 is 11.6 Å². The van der Waals surface area contributed by atoms with Gasteiger partial charge in [0.2, 0.25) is 0 Å². The van der Waals surface area contributed by atoms with E-state index in [0.29, 0.717) is 22.2 Å². The van der Waals surface area contributed by atoms with Gasteiger partial charge >= 0.3 is 0 Å². The Hall–Kier alpha value is -1.48. The number of aromatic nitrogens is 2. The van der Waals surface area contributed by atoms with E-state index in [9.17, 15) is 4.39 Å². The molecule has 0 aliphatic rings. The van der Waals surface area contributed by atoms with Crippen molar-refractivity contribution in [3.63, 3.8) is 0 Å². The second kappa shape index (κ2) is 5.44. The summed E-state index contributed by atoms with van der Waals surface area (Å²) in [7, 11) is 0. The molecule has 0 saturated heterocycles. The van der Waals surface area contributed by atoms with Gasteiger partial charge in [-0.15, -0.1) is 0 Å². The van der Waals surface area contributed by atoms with E-state index in [0.717, 1.165) is 18.4 Å². The Morgan fingerprint density at radius 2 is 2.00 bits per heavy atom. The Balaban J connectivity index is 2.46. The number of halogens is 2. The molecule has 1 aromatic carbocycles. The molecule has 0 saturated carbocycles. The molecular formula is C14H14ClFN2. The second-order valence-corrected chi connectivity index (χ2v) is 4.59. The molecule has 2 rings (SSSR count). The molecule has 0 aliphatic carbocycles. The van der Waals surface area contributed by atoms with E-state index in [-0.39, 0.29) is 5.82 Å². The first-order valence-corrected chi connectivity index (χ1v) is 6.28. The third-order valence-electron chi connectivity index (χ3n) is 2.68. The van der Waals surface area contributed by atoms with Crippen LogP contribution in [0.25, 0.3) is 11.3 Å². The second-order valence-electron chi connectivity index (χ2n) is 4.21. The maximum Gasteiger partial charge on any atom is 0.133 e. The summed E-state index contributed by atoms with van der Waals surface area (Å²) in [6.45, 7) is 3.78. The van der Waals surface area contributed by atoms with Crippen LogP contribution in [-0.2, 0) is 6.42 Å². The van der Waals surface area contributed by atoms with Crippen molar-refractivity contribution in [2.75, 3.05) is 0 Å². The SMILES string of the molecule is CCCc1nc(Cl)cc(-c2ccc(C)c(F)c2)n1. The van der Waals surface area contributed by atoms with Gasteiger partial charge in [0.05, 0.1) is 5.69 Å². The highest BCUT2D eigenvalue weighted by atomic mass is 35.5. The minimum Gasteiger partial charge on any atom is -0.233 e. The van der Waals surface area contributed by atoms with E-state index in [1.807, 2.05) is 6.07 Å². The summed E-state index contributed by atoms with van der Waals surface area (Å²) in [6, 6.07) is 6.71. The Morgan fingerprint density at radius 1 is 1.22 bits per heavy atom. The lowest BCUT2D eigenvalue weighted by Crippen LogP contribution is -1.97. The van der Waals surface area contributed by atoms with Gasteiger partial charge in [0, 0.05) is 18.1 Å². The minimum atomic E-state index is -0.237. The molecule has 0 N–H and O–H groups in total. The molecular weight excluding hydrogens is 251 g/mol. The molecule has 94 valence electrons. The third kappa shape index (κ3) is 2.85. The first kappa shape index (κ1) is 13.0. The zero-order valence-corrected chi connectivity index (χ0v) is 11.1. The molecule has 0 amide bonds. The summed E-state index contributed by atoms with van der Waals surface area (Å²) >= 11 is 5.96. The number of rotatable bonds is 3. The van der Waals surface area contributed by atoms with Crippen LogP contribution in [0.2, 0.25) is 5.15 Å². The fourth-order valence-corrected chi connectivity index (χ4v) is 1.90. The van der Waals surface area contributed by atoms with Gasteiger partial charge in [-0.05, 0) is 25.0 Å². The van der Waals surface area contributed by atoms with Crippen molar-refractivity contribution < 1.29 is 4.39 Å². The van der Waals surface area contributed by atoms with Gasteiger partial charge in [0.25, 0.3) is 0 Å².